The number of carbonyl (C=O) groups excluding carboxylic acids is 2. The van der Waals surface area contributed by atoms with Gasteiger partial charge in [-0.1, -0.05) is 19.8 Å². The molecule has 0 rings (SSSR count). The molecule has 3 atom stereocenters. The normalized spacial score (nSPS) is 15.6. The second-order valence-electron chi connectivity index (χ2n) is 4.25. The Kier molecular flexibility index (Phi) is 9.32. The monoisotopic (exact) mass is 278 g/mol. The van der Waals surface area contributed by atoms with E-state index in [0.29, 0.717) is 6.42 Å². The number of unbranched alkanes of at least 4 members (excludes halogenated alkanes) is 2. The van der Waals surface area contributed by atoms with Crippen molar-refractivity contribution in [2.75, 3.05) is 13.2 Å². The van der Waals surface area contributed by atoms with Gasteiger partial charge < -0.3 is 25.2 Å². The molecular weight excluding hydrogens is 256 g/mol. The molecule has 0 heterocycles. The van der Waals surface area contributed by atoms with Crippen molar-refractivity contribution < 1.29 is 34.8 Å². The van der Waals surface area contributed by atoms with E-state index in [1.54, 1.807) is 0 Å². The van der Waals surface area contributed by atoms with Gasteiger partial charge in [-0.3, -0.25) is 9.59 Å². The third-order valence-corrected chi connectivity index (χ3v) is 2.56. The molecule has 0 fully saturated rings. The van der Waals surface area contributed by atoms with Crippen molar-refractivity contribution in [1.29, 1.82) is 0 Å². The van der Waals surface area contributed by atoms with E-state index in [1.807, 2.05) is 6.92 Å². The number of aliphatic hydroxyl groups excluding tert-OH is 4. The molecule has 7 heteroatoms. The van der Waals surface area contributed by atoms with E-state index < -0.39 is 43.3 Å². The van der Waals surface area contributed by atoms with Crippen LogP contribution in [0.1, 0.15) is 32.6 Å². The Labute approximate surface area is 111 Å². The predicted octanol–water partition coefficient (Wildman–Crippen LogP) is -1.25. The molecule has 0 radical (unpaired) electrons. The van der Waals surface area contributed by atoms with Gasteiger partial charge in [-0.2, -0.15) is 0 Å². The third kappa shape index (κ3) is 7.22. The Morgan fingerprint density at radius 2 is 1.79 bits per heavy atom. The average Bonchev–Trinajstić information content (AvgIpc) is 2.42. The molecule has 0 aliphatic carbocycles. The van der Waals surface area contributed by atoms with Crippen LogP contribution in [0.5, 0.6) is 0 Å². The first-order chi connectivity index (χ1) is 8.93. The lowest BCUT2D eigenvalue weighted by Crippen LogP contribution is -2.43. The van der Waals surface area contributed by atoms with E-state index >= 15 is 0 Å². The fraction of sp³-hybridized carbons (Fsp3) is 0.833. The van der Waals surface area contributed by atoms with E-state index in [1.165, 1.54) is 0 Å². The molecule has 0 aliphatic rings. The lowest BCUT2D eigenvalue weighted by Gasteiger charge is -2.17. The maximum absolute atomic E-state index is 11.4. The maximum atomic E-state index is 11.4. The van der Waals surface area contributed by atoms with Crippen LogP contribution in [0.4, 0.5) is 0 Å². The average molecular weight is 278 g/mol. The second kappa shape index (κ2) is 9.85. The number of esters is 1. The molecular formula is C12H22O7. The van der Waals surface area contributed by atoms with Crippen LogP contribution in [0.3, 0.4) is 0 Å². The lowest BCUT2D eigenvalue weighted by molar-refractivity contribution is -0.154. The van der Waals surface area contributed by atoms with Gasteiger partial charge in [0.1, 0.15) is 24.9 Å². The topological polar surface area (TPSA) is 124 Å². The number of ether oxygens (including phenoxy) is 1. The van der Waals surface area contributed by atoms with Gasteiger partial charge in [0.15, 0.2) is 5.78 Å². The zero-order valence-electron chi connectivity index (χ0n) is 11.0. The smallest absolute Gasteiger partial charge is 0.305 e. The summed E-state index contributed by atoms with van der Waals surface area (Å²) in [6.45, 7) is 0.608. The number of aliphatic hydroxyl groups is 4. The van der Waals surface area contributed by atoms with Crippen molar-refractivity contribution in [1.82, 2.24) is 0 Å². The van der Waals surface area contributed by atoms with Crippen LogP contribution in [0.2, 0.25) is 0 Å². The molecule has 0 spiro atoms. The first-order valence-corrected chi connectivity index (χ1v) is 6.28. The molecule has 7 nitrogen and oxygen atoms in total. The summed E-state index contributed by atoms with van der Waals surface area (Å²) in [5.41, 5.74) is 0. The minimum atomic E-state index is -1.90. The number of hydrogen-bond donors (Lipinski definition) is 4. The van der Waals surface area contributed by atoms with Crippen LogP contribution in [-0.4, -0.2) is 63.7 Å². The standard InChI is InChI=1S/C12H22O7/c1-2-3-4-5-10(16)19-7-9(15)12(18)11(17)8(14)6-13/h8-9,11,13-15,17H,2-7H2,1H3/t8-,9?,11-/m1/s1. The highest BCUT2D eigenvalue weighted by Gasteiger charge is 2.29. The molecule has 112 valence electrons. The number of ketones is 1. The van der Waals surface area contributed by atoms with E-state index in [-0.39, 0.29) is 6.42 Å². The Hall–Kier alpha value is -1.02. The number of hydrogen-bond acceptors (Lipinski definition) is 7. The first kappa shape index (κ1) is 18.0. The summed E-state index contributed by atoms with van der Waals surface area (Å²) in [6.07, 6.45) is -2.56. The van der Waals surface area contributed by atoms with Crippen molar-refractivity contribution in [2.45, 2.75) is 50.9 Å². The molecule has 0 aromatic rings. The first-order valence-electron chi connectivity index (χ1n) is 6.28. The summed E-state index contributed by atoms with van der Waals surface area (Å²) in [5, 5.41) is 36.2. The minimum Gasteiger partial charge on any atom is -0.462 e. The molecule has 4 N–H and O–H groups in total. The molecule has 1 unspecified atom stereocenters. The molecule has 0 saturated carbocycles. The van der Waals surface area contributed by atoms with Crippen molar-refractivity contribution in [2.24, 2.45) is 0 Å². The molecule has 0 bridgehead atoms. The van der Waals surface area contributed by atoms with Crippen LogP contribution in [-0.2, 0) is 14.3 Å². The highest BCUT2D eigenvalue weighted by molar-refractivity contribution is 5.87. The Morgan fingerprint density at radius 3 is 2.32 bits per heavy atom. The zero-order chi connectivity index (χ0) is 14.8. The summed E-state index contributed by atoms with van der Waals surface area (Å²) in [5.74, 6) is -1.62. The van der Waals surface area contributed by atoms with Gasteiger partial charge in [0.2, 0.25) is 0 Å². The molecule has 0 amide bonds. The molecule has 0 saturated heterocycles. The number of rotatable bonds is 10. The fourth-order valence-corrected chi connectivity index (χ4v) is 1.33. The maximum Gasteiger partial charge on any atom is 0.305 e. The van der Waals surface area contributed by atoms with Crippen LogP contribution >= 0.6 is 0 Å². The van der Waals surface area contributed by atoms with Gasteiger partial charge in [0.25, 0.3) is 0 Å². The van der Waals surface area contributed by atoms with Gasteiger partial charge in [-0.15, -0.1) is 0 Å². The highest BCUT2D eigenvalue weighted by atomic mass is 16.5. The fourth-order valence-electron chi connectivity index (χ4n) is 1.33. The van der Waals surface area contributed by atoms with Crippen molar-refractivity contribution >= 4 is 11.8 Å². The summed E-state index contributed by atoms with van der Waals surface area (Å²) < 4.78 is 4.67. The highest BCUT2D eigenvalue weighted by Crippen LogP contribution is 2.03. The zero-order valence-corrected chi connectivity index (χ0v) is 11.0. The van der Waals surface area contributed by atoms with Gasteiger partial charge >= 0.3 is 5.97 Å². The van der Waals surface area contributed by atoms with Crippen molar-refractivity contribution in [3.8, 4) is 0 Å². The van der Waals surface area contributed by atoms with Gasteiger partial charge in [0.05, 0.1) is 6.61 Å². The van der Waals surface area contributed by atoms with E-state index in [2.05, 4.69) is 4.74 Å². The molecule has 0 aliphatic heterocycles. The summed E-state index contributed by atoms with van der Waals surface area (Å²) in [6, 6.07) is 0. The number of Topliss-reactive ketones (excluding diaryl/α,β-unsaturated/α-hetero) is 1. The van der Waals surface area contributed by atoms with Crippen LogP contribution in [0.25, 0.3) is 0 Å². The van der Waals surface area contributed by atoms with Crippen LogP contribution < -0.4 is 0 Å². The largest absolute Gasteiger partial charge is 0.462 e. The lowest BCUT2D eigenvalue weighted by atomic mass is 10.1. The summed E-state index contributed by atoms with van der Waals surface area (Å²) in [7, 11) is 0. The Balaban J connectivity index is 3.99. The van der Waals surface area contributed by atoms with Crippen molar-refractivity contribution in [3.05, 3.63) is 0 Å². The number of carbonyl (C=O) groups is 2. The van der Waals surface area contributed by atoms with E-state index in [0.717, 1.165) is 12.8 Å². The Morgan fingerprint density at radius 1 is 1.16 bits per heavy atom. The summed E-state index contributed by atoms with van der Waals surface area (Å²) >= 11 is 0. The van der Waals surface area contributed by atoms with Crippen LogP contribution in [0, 0.1) is 0 Å². The quantitative estimate of drug-likeness (QED) is 0.291. The van der Waals surface area contributed by atoms with E-state index in [4.69, 9.17) is 10.2 Å². The van der Waals surface area contributed by atoms with Gasteiger partial charge in [-0.25, -0.2) is 0 Å². The second-order valence-corrected chi connectivity index (χ2v) is 4.25. The Bertz CT molecular complexity index is 279. The summed E-state index contributed by atoms with van der Waals surface area (Å²) in [4.78, 5) is 22.6. The van der Waals surface area contributed by atoms with Gasteiger partial charge in [-0.05, 0) is 6.42 Å². The minimum absolute atomic E-state index is 0.205. The third-order valence-electron chi connectivity index (χ3n) is 2.56. The van der Waals surface area contributed by atoms with E-state index in [9.17, 15) is 19.8 Å². The molecule has 0 aromatic carbocycles. The predicted molar refractivity (Wildman–Crippen MR) is 65.2 cm³/mol. The van der Waals surface area contributed by atoms with Gasteiger partial charge in [0, 0.05) is 6.42 Å². The SMILES string of the molecule is CCCCCC(=O)OCC(O)C(=O)[C@H](O)[C@H](O)CO. The molecule has 19 heavy (non-hydrogen) atoms. The van der Waals surface area contributed by atoms with Crippen LogP contribution in [0.15, 0.2) is 0 Å². The molecule has 0 aromatic heterocycles. The van der Waals surface area contributed by atoms with Crippen molar-refractivity contribution in [3.63, 3.8) is 0 Å².